The molecule has 154 valence electrons. The first-order chi connectivity index (χ1) is 15.0. The second-order valence-electron chi connectivity index (χ2n) is 6.12. The third-order valence-electron chi connectivity index (χ3n) is 3.93. The molecule has 1 N–H and O–H groups in total. The molecule has 0 heterocycles. The van der Waals surface area contributed by atoms with Gasteiger partial charge in [-0.15, -0.1) is 10.2 Å². The summed E-state index contributed by atoms with van der Waals surface area (Å²) in [5.74, 6) is -1.20. The molecule has 0 radical (unpaired) electrons. The van der Waals surface area contributed by atoms with Gasteiger partial charge in [-0.2, -0.15) is 0 Å². The van der Waals surface area contributed by atoms with E-state index in [4.69, 9.17) is 4.84 Å². The third kappa shape index (κ3) is 6.43. The van der Waals surface area contributed by atoms with Gasteiger partial charge >= 0.3 is 5.97 Å². The SMILES string of the molecule is O=C(/C=C/c1ccccc1)ONc1ccc(N=NC(=O)c2ccc([N+](=O)[O-])cc2)cc1. The van der Waals surface area contributed by atoms with Gasteiger partial charge < -0.3 is 4.84 Å². The summed E-state index contributed by atoms with van der Waals surface area (Å²) in [7, 11) is 0. The summed E-state index contributed by atoms with van der Waals surface area (Å²) in [6.07, 6.45) is 2.93. The number of carbonyl (C=O) groups is 2. The predicted octanol–water partition coefficient (Wildman–Crippen LogP) is 5.10. The van der Waals surface area contributed by atoms with Crippen molar-refractivity contribution < 1.29 is 19.3 Å². The van der Waals surface area contributed by atoms with E-state index in [0.717, 1.165) is 5.56 Å². The zero-order chi connectivity index (χ0) is 22.1. The lowest BCUT2D eigenvalue weighted by atomic mass is 10.2. The molecule has 0 aromatic heterocycles. The first kappa shape index (κ1) is 21.1. The summed E-state index contributed by atoms with van der Waals surface area (Å²) >= 11 is 0. The lowest BCUT2D eigenvalue weighted by Crippen LogP contribution is -2.07. The average molecular weight is 416 g/mol. The number of carbonyl (C=O) groups excluding carboxylic acids is 2. The van der Waals surface area contributed by atoms with Gasteiger partial charge in [-0.1, -0.05) is 30.3 Å². The van der Waals surface area contributed by atoms with Crippen LogP contribution in [0.1, 0.15) is 15.9 Å². The molecule has 3 aromatic carbocycles. The lowest BCUT2D eigenvalue weighted by Gasteiger charge is -2.04. The maximum Gasteiger partial charge on any atom is 0.355 e. The van der Waals surface area contributed by atoms with Crippen molar-refractivity contribution in [2.75, 3.05) is 5.48 Å². The molecule has 9 heteroatoms. The first-order valence-electron chi connectivity index (χ1n) is 9.02. The Morgan fingerprint density at radius 2 is 1.61 bits per heavy atom. The van der Waals surface area contributed by atoms with Crippen LogP contribution in [0.3, 0.4) is 0 Å². The van der Waals surface area contributed by atoms with Gasteiger partial charge in [-0.05, 0) is 48.0 Å². The summed E-state index contributed by atoms with van der Waals surface area (Å²) in [4.78, 5) is 38.8. The standard InChI is InChI=1S/C22H16N4O5/c27-21(15-6-16-4-2-1-3-5-16)31-25-19-11-9-18(10-12-19)23-24-22(28)17-7-13-20(14-8-17)26(29)30/h1-15,25H/b15-6+,24-23?. The number of nitro groups is 1. The molecule has 0 aliphatic heterocycles. The molecule has 3 aromatic rings. The van der Waals surface area contributed by atoms with Gasteiger partial charge in [0.15, 0.2) is 0 Å². The van der Waals surface area contributed by atoms with Crippen molar-refractivity contribution in [2.24, 2.45) is 10.2 Å². The number of anilines is 1. The highest BCUT2D eigenvalue weighted by atomic mass is 16.7. The molecule has 0 aliphatic carbocycles. The minimum absolute atomic E-state index is 0.118. The van der Waals surface area contributed by atoms with Gasteiger partial charge in [0, 0.05) is 23.8 Å². The topological polar surface area (TPSA) is 123 Å². The summed E-state index contributed by atoms with van der Waals surface area (Å²) in [6.45, 7) is 0. The fourth-order valence-electron chi connectivity index (χ4n) is 2.35. The van der Waals surface area contributed by atoms with E-state index < -0.39 is 16.8 Å². The fraction of sp³-hybridized carbons (Fsp3) is 0. The van der Waals surface area contributed by atoms with Crippen LogP contribution in [0.2, 0.25) is 0 Å². The van der Waals surface area contributed by atoms with Crippen LogP contribution in [0.15, 0.2) is 95.2 Å². The van der Waals surface area contributed by atoms with Gasteiger partial charge in [-0.3, -0.25) is 14.9 Å². The van der Waals surface area contributed by atoms with E-state index >= 15 is 0 Å². The van der Waals surface area contributed by atoms with Crippen LogP contribution in [-0.2, 0) is 9.63 Å². The van der Waals surface area contributed by atoms with Crippen LogP contribution in [0.5, 0.6) is 0 Å². The smallest absolute Gasteiger partial charge is 0.339 e. The van der Waals surface area contributed by atoms with E-state index in [1.807, 2.05) is 30.3 Å². The summed E-state index contributed by atoms with van der Waals surface area (Å²) in [5.41, 5.74) is 4.36. The Morgan fingerprint density at radius 1 is 0.935 bits per heavy atom. The number of amides is 1. The Hall–Kier alpha value is -4.66. The molecule has 1 amide bonds. The zero-order valence-electron chi connectivity index (χ0n) is 16.0. The highest BCUT2D eigenvalue weighted by Crippen LogP contribution is 2.18. The Labute approximate surface area is 176 Å². The minimum Gasteiger partial charge on any atom is -0.339 e. The van der Waals surface area contributed by atoms with E-state index in [-0.39, 0.29) is 11.3 Å². The van der Waals surface area contributed by atoms with Crippen LogP contribution in [-0.4, -0.2) is 16.8 Å². The van der Waals surface area contributed by atoms with Crippen LogP contribution < -0.4 is 5.48 Å². The molecule has 0 saturated heterocycles. The van der Waals surface area contributed by atoms with E-state index in [1.165, 1.54) is 30.3 Å². The number of benzene rings is 3. The highest BCUT2D eigenvalue weighted by Gasteiger charge is 2.08. The number of nitrogens with zero attached hydrogens (tertiary/aromatic N) is 3. The average Bonchev–Trinajstić information content (AvgIpc) is 2.81. The van der Waals surface area contributed by atoms with Crippen LogP contribution >= 0.6 is 0 Å². The van der Waals surface area contributed by atoms with E-state index in [0.29, 0.717) is 11.4 Å². The van der Waals surface area contributed by atoms with Gasteiger partial charge in [0.1, 0.15) is 0 Å². The minimum atomic E-state index is -0.628. The van der Waals surface area contributed by atoms with Crippen molar-refractivity contribution in [1.82, 2.24) is 0 Å². The van der Waals surface area contributed by atoms with E-state index in [1.54, 1.807) is 30.3 Å². The van der Waals surface area contributed by atoms with Crippen molar-refractivity contribution in [1.29, 1.82) is 0 Å². The van der Waals surface area contributed by atoms with Gasteiger partial charge in [0.05, 0.1) is 16.3 Å². The Morgan fingerprint density at radius 3 is 2.26 bits per heavy atom. The third-order valence-corrected chi connectivity index (χ3v) is 3.93. The van der Waals surface area contributed by atoms with Crippen molar-refractivity contribution in [3.8, 4) is 0 Å². The molecule has 9 nitrogen and oxygen atoms in total. The Kier molecular flexibility index (Phi) is 6.94. The van der Waals surface area contributed by atoms with Crippen LogP contribution in [0.25, 0.3) is 6.08 Å². The maximum absolute atomic E-state index is 12.0. The molecule has 0 bridgehead atoms. The number of hydrogen-bond acceptors (Lipinski definition) is 7. The van der Waals surface area contributed by atoms with Gasteiger partial charge in [-0.25, -0.2) is 10.3 Å². The molecule has 0 spiro atoms. The number of nitro benzene ring substituents is 1. The van der Waals surface area contributed by atoms with Crippen LogP contribution in [0, 0.1) is 10.1 Å². The van der Waals surface area contributed by atoms with Crippen molar-refractivity contribution in [3.63, 3.8) is 0 Å². The fourth-order valence-corrected chi connectivity index (χ4v) is 2.35. The zero-order valence-corrected chi connectivity index (χ0v) is 16.0. The highest BCUT2D eigenvalue weighted by molar-refractivity contribution is 5.94. The van der Waals surface area contributed by atoms with Gasteiger partial charge in [0.25, 0.3) is 11.6 Å². The molecule has 0 saturated carbocycles. The second kappa shape index (κ2) is 10.2. The van der Waals surface area contributed by atoms with Crippen molar-refractivity contribution >= 4 is 35.0 Å². The number of hydrogen-bond donors (Lipinski definition) is 1. The van der Waals surface area contributed by atoms with E-state index in [9.17, 15) is 19.7 Å². The molecule has 0 atom stereocenters. The Bertz CT molecular complexity index is 1120. The number of rotatable bonds is 7. The molecule has 0 unspecified atom stereocenters. The normalized spacial score (nSPS) is 10.8. The number of non-ortho nitro benzene ring substituents is 1. The monoisotopic (exact) mass is 416 g/mol. The largest absolute Gasteiger partial charge is 0.355 e. The molecule has 3 rings (SSSR count). The molecule has 0 aliphatic rings. The maximum atomic E-state index is 12.0. The number of azo groups is 1. The van der Waals surface area contributed by atoms with Gasteiger partial charge in [0.2, 0.25) is 0 Å². The first-order valence-corrected chi connectivity index (χ1v) is 9.02. The second-order valence-corrected chi connectivity index (χ2v) is 6.12. The quantitative estimate of drug-likeness (QED) is 0.247. The van der Waals surface area contributed by atoms with Crippen LogP contribution in [0.4, 0.5) is 17.1 Å². The van der Waals surface area contributed by atoms with E-state index in [2.05, 4.69) is 15.7 Å². The molecular weight excluding hydrogens is 400 g/mol. The number of nitrogens with one attached hydrogen (secondary N) is 1. The molecule has 0 fully saturated rings. The molecule has 31 heavy (non-hydrogen) atoms. The lowest BCUT2D eigenvalue weighted by molar-refractivity contribution is -0.384. The van der Waals surface area contributed by atoms with Crippen molar-refractivity contribution in [2.45, 2.75) is 0 Å². The summed E-state index contributed by atoms with van der Waals surface area (Å²) in [5, 5.41) is 18.1. The predicted molar refractivity (Wildman–Crippen MR) is 114 cm³/mol. The summed E-state index contributed by atoms with van der Waals surface area (Å²) < 4.78 is 0. The molecular formula is C22H16N4O5. The summed E-state index contributed by atoms with van der Waals surface area (Å²) in [6, 6.07) is 20.7. The van der Waals surface area contributed by atoms with Crippen molar-refractivity contribution in [3.05, 3.63) is 106 Å². The Balaban J connectivity index is 1.51.